The van der Waals surface area contributed by atoms with Gasteiger partial charge in [-0.25, -0.2) is 8.42 Å². The van der Waals surface area contributed by atoms with Gasteiger partial charge in [0.25, 0.3) is 0 Å². The summed E-state index contributed by atoms with van der Waals surface area (Å²) in [6, 6.07) is 3.65. The Morgan fingerprint density at radius 3 is 2.67 bits per heavy atom. The van der Waals surface area contributed by atoms with Crippen molar-refractivity contribution >= 4 is 9.84 Å². The summed E-state index contributed by atoms with van der Waals surface area (Å²) in [4.78, 5) is 3.98. The molecular weight excluding hydrogens is 174 g/mol. The molecule has 1 aromatic heterocycles. The number of aromatic nitrogens is 1. The average Bonchev–Trinajstić information content (AvgIpc) is 1.91. The number of nitrogens with zero attached hydrogens (tertiary/aromatic N) is 1. The Morgan fingerprint density at radius 2 is 2.17 bits per heavy atom. The van der Waals surface area contributed by atoms with Crippen LogP contribution in [0.2, 0.25) is 0 Å². The van der Waals surface area contributed by atoms with Crippen molar-refractivity contribution in [2.75, 3.05) is 6.26 Å². The summed E-state index contributed by atoms with van der Waals surface area (Å²) in [6.45, 7) is 1.85. The number of hydrogen-bond donors (Lipinski definition) is 0. The van der Waals surface area contributed by atoms with E-state index < -0.39 is 9.84 Å². The largest absolute Gasteiger partial charge is 0.260 e. The molecule has 0 fully saturated rings. The summed E-state index contributed by atoms with van der Waals surface area (Å²) in [5.41, 5.74) is 1.56. The Balaban J connectivity index is 2.98. The van der Waals surface area contributed by atoms with Gasteiger partial charge < -0.3 is 0 Å². The predicted octanol–water partition coefficient (Wildman–Crippen LogP) is 0.935. The lowest BCUT2D eigenvalue weighted by molar-refractivity contribution is 0.600. The topological polar surface area (TPSA) is 47.0 Å². The van der Waals surface area contributed by atoms with E-state index >= 15 is 0 Å². The number of sulfone groups is 1. The lowest BCUT2D eigenvalue weighted by atomic mass is 10.2. The van der Waals surface area contributed by atoms with Crippen LogP contribution in [0.3, 0.4) is 0 Å². The van der Waals surface area contributed by atoms with E-state index in [0.29, 0.717) is 5.69 Å². The number of pyridine rings is 1. The first kappa shape index (κ1) is 9.19. The van der Waals surface area contributed by atoms with Crippen LogP contribution in [0.1, 0.15) is 11.3 Å². The highest BCUT2D eigenvalue weighted by Gasteiger charge is 2.06. The van der Waals surface area contributed by atoms with Crippen molar-refractivity contribution in [3.63, 3.8) is 0 Å². The van der Waals surface area contributed by atoms with Crippen molar-refractivity contribution in [1.82, 2.24) is 4.98 Å². The van der Waals surface area contributed by atoms with Crippen molar-refractivity contribution < 1.29 is 8.42 Å². The molecule has 0 atom stereocenters. The van der Waals surface area contributed by atoms with Gasteiger partial charge in [0, 0.05) is 12.5 Å². The van der Waals surface area contributed by atoms with Crippen molar-refractivity contribution in [1.29, 1.82) is 0 Å². The lowest BCUT2D eigenvalue weighted by Crippen LogP contribution is -2.04. The third-order valence-electron chi connectivity index (χ3n) is 1.52. The van der Waals surface area contributed by atoms with Gasteiger partial charge in [-0.05, 0) is 18.6 Å². The van der Waals surface area contributed by atoms with Gasteiger partial charge in [0.1, 0.15) is 0 Å². The maximum atomic E-state index is 10.9. The van der Waals surface area contributed by atoms with E-state index in [2.05, 4.69) is 4.98 Å². The zero-order chi connectivity index (χ0) is 9.19. The molecule has 0 unspecified atom stereocenters. The van der Waals surface area contributed by atoms with Crippen LogP contribution in [-0.2, 0) is 15.6 Å². The molecule has 0 saturated heterocycles. The molecule has 0 amide bonds. The molecule has 1 rings (SSSR count). The molecule has 4 heteroatoms. The van der Waals surface area contributed by atoms with Crippen LogP contribution >= 0.6 is 0 Å². The third-order valence-corrected chi connectivity index (χ3v) is 2.31. The highest BCUT2D eigenvalue weighted by molar-refractivity contribution is 7.89. The molecule has 0 aliphatic heterocycles. The Hall–Kier alpha value is -0.900. The standard InChI is InChI=1S/C8H11NO2S/c1-7-4-3-5-9-8(7)6-12(2,10)11/h3-5H,6H2,1-2H3. The molecule has 1 heterocycles. The molecule has 0 aliphatic carbocycles. The van der Waals surface area contributed by atoms with Crippen LogP contribution in [-0.4, -0.2) is 19.7 Å². The molecular formula is C8H11NO2S. The van der Waals surface area contributed by atoms with Crippen molar-refractivity contribution in [3.8, 4) is 0 Å². The summed E-state index contributed by atoms with van der Waals surface area (Å²) in [6.07, 6.45) is 2.81. The van der Waals surface area contributed by atoms with E-state index in [0.717, 1.165) is 5.56 Å². The zero-order valence-corrected chi connectivity index (χ0v) is 7.93. The van der Waals surface area contributed by atoms with Crippen molar-refractivity contribution in [3.05, 3.63) is 29.6 Å². The number of aryl methyl sites for hydroxylation is 1. The van der Waals surface area contributed by atoms with Crippen LogP contribution in [0, 0.1) is 6.92 Å². The molecule has 0 bridgehead atoms. The van der Waals surface area contributed by atoms with Crippen LogP contribution in [0.25, 0.3) is 0 Å². The van der Waals surface area contributed by atoms with Crippen LogP contribution < -0.4 is 0 Å². The second kappa shape index (κ2) is 3.23. The van der Waals surface area contributed by atoms with Gasteiger partial charge in [0.05, 0.1) is 11.4 Å². The lowest BCUT2D eigenvalue weighted by Gasteiger charge is -2.01. The fraction of sp³-hybridized carbons (Fsp3) is 0.375. The van der Waals surface area contributed by atoms with Crippen LogP contribution in [0.15, 0.2) is 18.3 Å². The third kappa shape index (κ3) is 2.62. The van der Waals surface area contributed by atoms with Crippen molar-refractivity contribution in [2.24, 2.45) is 0 Å². The zero-order valence-electron chi connectivity index (χ0n) is 7.11. The smallest absolute Gasteiger partial charge is 0.153 e. The van der Waals surface area contributed by atoms with E-state index in [1.807, 2.05) is 13.0 Å². The van der Waals surface area contributed by atoms with E-state index in [4.69, 9.17) is 0 Å². The predicted molar refractivity (Wildman–Crippen MR) is 47.5 cm³/mol. The number of rotatable bonds is 2. The molecule has 0 aliphatic rings. The Bertz CT molecular complexity index is 370. The molecule has 66 valence electrons. The van der Waals surface area contributed by atoms with Gasteiger partial charge in [0.2, 0.25) is 0 Å². The first-order chi connectivity index (χ1) is 5.49. The average molecular weight is 185 g/mol. The summed E-state index contributed by atoms with van der Waals surface area (Å²) in [7, 11) is -2.96. The van der Waals surface area contributed by atoms with Gasteiger partial charge in [-0.3, -0.25) is 4.98 Å². The first-order valence-electron chi connectivity index (χ1n) is 3.57. The van der Waals surface area contributed by atoms with E-state index in [-0.39, 0.29) is 5.75 Å². The molecule has 0 aromatic carbocycles. The Labute approximate surface area is 72.4 Å². The molecule has 3 nitrogen and oxygen atoms in total. The second-order valence-corrected chi connectivity index (χ2v) is 4.98. The molecule has 12 heavy (non-hydrogen) atoms. The SMILES string of the molecule is Cc1cccnc1CS(C)(=O)=O. The Morgan fingerprint density at radius 1 is 1.50 bits per heavy atom. The molecule has 0 radical (unpaired) electrons. The summed E-state index contributed by atoms with van der Waals surface area (Å²) < 4.78 is 21.8. The van der Waals surface area contributed by atoms with E-state index in [1.54, 1.807) is 12.3 Å². The van der Waals surface area contributed by atoms with E-state index in [1.165, 1.54) is 6.26 Å². The van der Waals surface area contributed by atoms with Crippen LogP contribution in [0.4, 0.5) is 0 Å². The highest BCUT2D eigenvalue weighted by atomic mass is 32.2. The van der Waals surface area contributed by atoms with Gasteiger partial charge in [-0.2, -0.15) is 0 Å². The molecule has 1 aromatic rings. The first-order valence-corrected chi connectivity index (χ1v) is 5.63. The summed E-state index contributed by atoms with van der Waals surface area (Å²) >= 11 is 0. The fourth-order valence-corrected chi connectivity index (χ4v) is 1.72. The monoisotopic (exact) mass is 185 g/mol. The van der Waals surface area contributed by atoms with Crippen molar-refractivity contribution in [2.45, 2.75) is 12.7 Å². The van der Waals surface area contributed by atoms with Gasteiger partial charge in [-0.15, -0.1) is 0 Å². The maximum Gasteiger partial charge on any atom is 0.153 e. The van der Waals surface area contributed by atoms with Crippen LogP contribution in [0.5, 0.6) is 0 Å². The minimum Gasteiger partial charge on any atom is -0.260 e. The molecule has 0 N–H and O–H groups in total. The molecule has 0 saturated carbocycles. The minimum atomic E-state index is -2.96. The summed E-state index contributed by atoms with van der Waals surface area (Å²) in [5, 5.41) is 0. The highest BCUT2D eigenvalue weighted by Crippen LogP contribution is 2.06. The minimum absolute atomic E-state index is 0.0275. The fourth-order valence-electron chi connectivity index (χ4n) is 0.918. The van der Waals surface area contributed by atoms with Gasteiger partial charge >= 0.3 is 0 Å². The molecule has 0 spiro atoms. The second-order valence-electron chi connectivity index (χ2n) is 2.84. The van der Waals surface area contributed by atoms with E-state index in [9.17, 15) is 8.42 Å². The van der Waals surface area contributed by atoms with Gasteiger partial charge in [-0.1, -0.05) is 6.07 Å². The normalized spacial score (nSPS) is 11.5. The number of hydrogen-bond acceptors (Lipinski definition) is 3. The van der Waals surface area contributed by atoms with Gasteiger partial charge in [0.15, 0.2) is 9.84 Å². The maximum absolute atomic E-state index is 10.9. The quantitative estimate of drug-likeness (QED) is 0.688. The Kier molecular flexibility index (Phi) is 2.47. The summed E-state index contributed by atoms with van der Waals surface area (Å²) in [5.74, 6) is 0.0275.